The van der Waals surface area contributed by atoms with Crippen LogP contribution in [0.5, 0.6) is 0 Å². The molecule has 0 bridgehead atoms. The van der Waals surface area contributed by atoms with Crippen molar-refractivity contribution in [1.29, 1.82) is 0 Å². The molecular weight excluding hydrogens is 304 g/mol. The largest absolute Gasteiger partial charge is 0.382 e. The van der Waals surface area contributed by atoms with E-state index in [0.29, 0.717) is 13.2 Å². The monoisotopic (exact) mass is 328 g/mol. The first-order valence-electron chi connectivity index (χ1n) is 8.25. The number of hydrogen-bond acceptors (Lipinski definition) is 4. The number of carbonyl (C=O) groups is 1. The summed E-state index contributed by atoms with van der Waals surface area (Å²) in [6, 6.07) is 10.0. The quantitative estimate of drug-likeness (QED) is 0.875. The van der Waals surface area contributed by atoms with Crippen LogP contribution in [0, 0.1) is 0 Å². The molecule has 1 aromatic carbocycles. The molecule has 1 unspecified atom stereocenters. The molecule has 6 nitrogen and oxygen atoms in total. The standard InChI is InChI=1S/C18H24N4O2/c1-19-17(23)18(14-24-2)9-6-10-21(18)12-15-11-20-22(13-15)16-7-4-3-5-8-16/h3-5,7-8,11,13H,6,9-10,12,14H2,1-2H3,(H,19,23). The number of nitrogens with zero attached hydrogens (tertiary/aromatic N) is 3. The average molecular weight is 328 g/mol. The van der Waals surface area contributed by atoms with Gasteiger partial charge in [0.05, 0.1) is 18.5 Å². The van der Waals surface area contributed by atoms with Crippen LogP contribution in [-0.4, -0.2) is 53.4 Å². The van der Waals surface area contributed by atoms with Crippen molar-refractivity contribution in [3.8, 4) is 5.69 Å². The van der Waals surface area contributed by atoms with E-state index in [9.17, 15) is 4.79 Å². The van der Waals surface area contributed by atoms with Gasteiger partial charge in [0.15, 0.2) is 0 Å². The summed E-state index contributed by atoms with van der Waals surface area (Å²) in [5, 5.41) is 7.24. The fourth-order valence-electron chi connectivity index (χ4n) is 3.51. The van der Waals surface area contributed by atoms with Crippen LogP contribution in [0.4, 0.5) is 0 Å². The van der Waals surface area contributed by atoms with Crippen LogP contribution < -0.4 is 5.32 Å². The molecule has 1 saturated heterocycles. The number of carbonyl (C=O) groups excluding carboxylic acids is 1. The highest BCUT2D eigenvalue weighted by molar-refractivity contribution is 5.86. The maximum absolute atomic E-state index is 12.5. The van der Waals surface area contributed by atoms with Crippen molar-refractivity contribution in [2.24, 2.45) is 0 Å². The number of rotatable bonds is 6. The lowest BCUT2D eigenvalue weighted by Gasteiger charge is -2.36. The maximum atomic E-state index is 12.5. The van der Waals surface area contributed by atoms with Crippen molar-refractivity contribution in [3.63, 3.8) is 0 Å². The summed E-state index contributed by atoms with van der Waals surface area (Å²) in [5.74, 6) is 0.0253. The van der Waals surface area contributed by atoms with Gasteiger partial charge in [-0.3, -0.25) is 9.69 Å². The van der Waals surface area contributed by atoms with E-state index in [1.54, 1.807) is 14.2 Å². The maximum Gasteiger partial charge on any atom is 0.242 e. The van der Waals surface area contributed by atoms with Crippen LogP contribution in [0.2, 0.25) is 0 Å². The molecule has 2 aromatic rings. The van der Waals surface area contributed by atoms with Crippen LogP contribution in [-0.2, 0) is 16.1 Å². The molecule has 0 saturated carbocycles. The Hall–Kier alpha value is -2.18. The fourth-order valence-corrected chi connectivity index (χ4v) is 3.51. The van der Waals surface area contributed by atoms with E-state index in [-0.39, 0.29) is 5.91 Å². The highest BCUT2D eigenvalue weighted by Gasteiger charge is 2.47. The molecule has 1 fully saturated rings. The minimum absolute atomic E-state index is 0.0253. The molecule has 1 N–H and O–H groups in total. The number of hydrogen-bond donors (Lipinski definition) is 1. The van der Waals surface area contributed by atoms with E-state index >= 15 is 0 Å². The summed E-state index contributed by atoms with van der Waals surface area (Å²) in [4.78, 5) is 14.7. The topological polar surface area (TPSA) is 59.4 Å². The summed E-state index contributed by atoms with van der Waals surface area (Å²) < 4.78 is 7.24. The molecule has 2 heterocycles. The Morgan fingerprint density at radius 2 is 2.17 bits per heavy atom. The molecule has 1 aliphatic rings. The van der Waals surface area contributed by atoms with Crippen molar-refractivity contribution in [1.82, 2.24) is 20.0 Å². The molecule has 1 amide bonds. The van der Waals surface area contributed by atoms with Crippen molar-refractivity contribution >= 4 is 5.91 Å². The van der Waals surface area contributed by atoms with E-state index < -0.39 is 5.54 Å². The van der Waals surface area contributed by atoms with Crippen LogP contribution in [0.25, 0.3) is 5.69 Å². The zero-order valence-electron chi connectivity index (χ0n) is 14.2. The van der Waals surface area contributed by atoms with E-state index in [1.807, 2.05) is 47.4 Å². The zero-order valence-corrected chi connectivity index (χ0v) is 14.2. The van der Waals surface area contributed by atoms with Gasteiger partial charge in [-0.1, -0.05) is 18.2 Å². The molecule has 128 valence electrons. The number of para-hydroxylation sites is 1. The van der Waals surface area contributed by atoms with Gasteiger partial charge in [0.25, 0.3) is 0 Å². The Morgan fingerprint density at radius 1 is 1.38 bits per heavy atom. The van der Waals surface area contributed by atoms with Gasteiger partial charge in [0.2, 0.25) is 5.91 Å². The second-order valence-corrected chi connectivity index (χ2v) is 6.20. The lowest BCUT2D eigenvalue weighted by molar-refractivity contribution is -0.135. The number of nitrogens with one attached hydrogen (secondary N) is 1. The number of aromatic nitrogens is 2. The van der Waals surface area contributed by atoms with Gasteiger partial charge in [-0.25, -0.2) is 4.68 Å². The van der Waals surface area contributed by atoms with Crippen molar-refractivity contribution in [2.75, 3.05) is 27.3 Å². The highest BCUT2D eigenvalue weighted by Crippen LogP contribution is 2.31. The fraction of sp³-hybridized carbons (Fsp3) is 0.444. The second kappa shape index (κ2) is 7.15. The van der Waals surface area contributed by atoms with E-state index in [0.717, 1.165) is 30.6 Å². The summed E-state index contributed by atoms with van der Waals surface area (Å²) in [6.07, 6.45) is 5.69. The van der Waals surface area contributed by atoms with Crippen molar-refractivity contribution in [3.05, 3.63) is 48.3 Å². The first-order valence-corrected chi connectivity index (χ1v) is 8.25. The number of ether oxygens (including phenoxy) is 1. The third-order valence-electron chi connectivity index (χ3n) is 4.69. The molecule has 0 spiro atoms. The molecule has 0 radical (unpaired) electrons. The highest BCUT2D eigenvalue weighted by atomic mass is 16.5. The number of methoxy groups -OCH3 is 1. The molecule has 6 heteroatoms. The Kier molecular flexibility index (Phi) is 4.97. The Balaban J connectivity index is 1.80. The summed E-state index contributed by atoms with van der Waals surface area (Å²) in [6.45, 7) is 1.97. The van der Waals surface area contributed by atoms with E-state index in [4.69, 9.17) is 4.74 Å². The van der Waals surface area contributed by atoms with Gasteiger partial charge < -0.3 is 10.1 Å². The van der Waals surface area contributed by atoms with Crippen molar-refractivity contribution in [2.45, 2.75) is 24.9 Å². The molecule has 0 aliphatic carbocycles. The average Bonchev–Trinajstić information content (AvgIpc) is 3.24. The lowest BCUT2D eigenvalue weighted by atomic mass is 9.95. The number of benzene rings is 1. The summed E-state index contributed by atoms with van der Waals surface area (Å²) >= 11 is 0. The zero-order chi connectivity index (χ0) is 17.0. The summed E-state index contributed by atoms with van der Waals surface area (Å²) in [7, 11) is 3.33. The minimum Gasteiger partial charge on any atom is -0.382 e. The third-order valence-corrected chi connectivity index (χ3v) is 4.69. The summed E-state index contributed by atoms with van der Waals surface area (Å²) in [5.41, 5.74) is 1.53. The minimum atomic E-state index is -0.585. The predicted octanol–water partition coefficient (Wildman–Crippen LogP) is 1.60. The smallest absolute Gasteiger partial charge is 0.242 e. The number of amides is 1. The Labute approximate surface area is 142 Å². The van der Waals surface area contributed by atoms with E-state index in [2.05, 4.69) is 15.3 Å². The van der Waals surface area contributed by atoms with Gasteiger partial charge in [-0.2, -0.15) is 5.10 Å². The lowest BCUT2D eigenvalue weighted by Crippen LogP contribution is -2.57. The second-order valence-electron chi connectivity index (χ2n) is 6.20. The molecule has 1 atom stereocenters. The van der Waals surface area contributed by atoms with Gasteiger partial charge >= 0.3 is 0 Å². The molecule has 1 aliphatic heterocycles. The number of likely N-dealkylation sites (tertiary alicyclic amines) is 1. The van der Waals surface area contributed by atoms with Gasteiger partial charge in [-0.15, -0.1) is 0 Å². The van der Waals surface area contributed by atoms with Crippen LogP contribution >= 0.6 is 0 Å². The molecule has 24 heavy (non-hydrogen) atoms. The number of likely N-dealkylation sites (N-methyl/N-ethyl adjacent to an activating group) is 1. The van der Waals surface area contributed by atoms with Gasteiger partial charge in [0.1, 0.15) is 5.54 Å². The van der Waals surface area contributed by atoms with Gasteiger partial charge in [0, 0.05) is 32.5 Å². The third kappa shape index (κ3) is 3.07. The van der Waals surface area contributed by atoms with E-state index in [1.165, 1.54) is 0 Å². The van der Waals surface area contributed by atoms with Crippen LogP contribution in [0.15, 0.2) is 42.7 Å². The predicted molar refractivity (Wildman–Crippen MR) is 91.9 cm³/mol. The molecular formula is C18H24N4O2. The first-order chi connectivity index (χ1) is 11.7. The van der Waals surface area contributed by atoms with Crippen LogP contribution in [0.3, 0.4) is 0 Å². The Morgan fingerprint density at radius 3 is 2.88 bits per heavy atom. The Bertz CT molecular complexity index is 685. The van der Waals surface area contributed by atoms with Crippen molar-refractivity contribution < 1.29 is 9.53 Å². The molecule has 3 rings (SSSR count). The SMILES string of the molecule is CNC(=O)C1(COC)CCCN1Cc1cnn(-c2ccccc2)c1. The normalized spacial score (nSPS) is 21.1. The van der Waals surface area contributed by atoms with Crippen LogP contribution in [0.1, 0.15) is 18.4 Å². The molecule has 1 aromatic heterocycles. The first kappa shape index (κ1) is 16.7. The van der Waals surface area contributed by atoms with Gasteiger partial charge in [-0.05, 0) is 31.5 Å².